The average Bonchev–Trinajstić information content (AvgIpc) is 2.47. The maximum Gasteiger partial charge on any atom is 0.325 e. The summed E-state index contributed by atoms with van der Waals surface area (Å²) in [4.78, 5) is 19.4. The van der Waals surface area contributed by atoms with E-state index in [0.717, 1.165) is 22.6 Å². The van der Waals surface area contributed by atoms with Crippen LogP contribution in [-0.4, -0.2) is 27.1 Å². The third-order valence-corrected chi connectivity index (χ3v) is 3.11. The number of nitrogens with zero attached hydrogens (tertiary/aromatic N) is 2. The molecule has 0 unspecified atom stereocenters. The number of benzene rings is 1. The minimum absolute atomic E-state index is 0.301. The second-order valence-corrected chi connectivity index (χ2v) is 4.56. The van der Waals surface area contributed by atoms with Crippen LogP contribution in [0.2, 0.25) is 0 Å². The molecule has 2 aromatic rings. The number of aromatic nitrogens is 2. The lowest BCUT2D eigenvalue weighted by atomic mass is 10.0. The van der Waals surface area contributed by atoms with E-state index in [0.29, 0.717) is 12.6 Å². The lowest BCUT2D eigenvalue weighted by Crippen LogP contribution is -2.26. The van der Waals surface area contributed by atoms with Crippen LogP contribution in [0.25, 0.3) is 11.3 Å². The fourth-order valence-electron chi connectivity index (χ4n) is 2.01. The zero-order valence-electron chi connectivity index (χ0n) is 10.8. The number of carboxylic acid groups (broad SMARTS) is 1. The summed E-state index contributed by atoms with van der Waals surface area (Å²) in [6, 6.07) is 6.87. The molecule has 2 N–H and O–H groups in total. The zero-order chi connectivity index (χ0) is 14.1. The molecule has 1 aromatic heterocycles. The van der Waals surface area contributed by atoms with Crippen LogP contribution in [0.15, 0.2) is 30.5 Å². The zero-order valence-corrected chi connectivity index (χ0v) is 10.8. The number of fused-ring (bicyclic) bond motifs is 3. The molecule has 0 bridgehead atoms. The largest absolute Gasteiger partial charge is 0.488 e. The van der Waals surface area contributed by atoms with Gasteiger partial charge in [-0.05, 0) is 19.1 Å². The van der Waals surface area contributed by atoms with Gasteiger partial charge >= 0.3 is 5.97 Å². The van der Waals surface area contributed by atoms with Crippen LogP contribution in [0.1, 0.15) is 12.5 Å². The van der Waals surface area contributed by atoms with Crippen molar-refractivity contribution < 1.29 is 14.6 Å². The van der Waals surface area contributed by atoms with Gasteiger partial charge in [0, 0.05) is 17.3 Å². The van der Waals surface area contributed by atoms with Gasteiger partial charge in [-0.25, -0.2) is 9.97 Å². The number of rotatable bonds is 3. The highest BCUT2D eigenvalue weighted by atomic mass is 16.5. The summed E-state index contributed by atoms with van der Waals surface area (Å²) in [5.41, 5.74) is 2.56. The molecule has 0 saturated carbocycles. The molecule has 3 rings (SSSR count). The third-order valence-electron chi connectivity index (χ3n) is 3.11. The molecular formula is C14H13N3O3. The van der Waals surface area contributed by atoms with Gasteiger partial charge in [-0.15, -0.1) is 0 Å². The summed E-state index contributed by atoms with van der Waals surface area (Å²) < 4.78 is 5.61. The molecular weight excluding hydrogens is 258 g/mol. The molecule has 0 amide bonds. The normalized spacial score (nSPS) is 13.7. The van der Waals surface area contributed by atoms with Gasteiger partial charge in [-0.3, -0.25) is 4.79 Å². The van der Waals surface area contributed by atoms with Crippen molar-refractivity contribution in [2.45, 2.75) is 19.6 Å². The first-order valence-corrected chi connectivity index (χ1v) is 6.22. The molecule has 0 spiro atoms. The fraction of sp³-hybridized carbons (Fsp3) is 0.214. The number of nitrogens with one attached hydrogen (secondary N) is 1. The highest BCUT2D eigenvalue weighted by Gasteiger charge is 2.20. The van der Waals surface area contributed by atoms with E-state index < -0.39 is 12.0 Å². The molecule has 0 radical (unpaired) electrons. The van der Waals surface area contributed by atoms with E-state index in [1.165, 1.54) is 0 Å². The van der Waals surface area contributed by atoms with Gasteiger partial charge in [-0.1, -0.05) is 12.1 Å². The molecule has 102 valence electrons. The summed E-state index contributed by atoms with van der Waals surface area (Å²) >= 11 is 0. The minimum atomic E-state index is -0.949. The van der Waals surface area contributed by atoms with Crippen molar-refractivity contribution in [2.24, 2.45) is 0 Å². The van der Waals surface area contributed by atoms with Gasteiger partial charge in [0.1, 0.15) is 18.4 Å². The Kier molecular flexibility index (Phi) is 2.98. The van der Waals surface area contributed by atoms with E-state index in [9.17, 15) is 4.79 Å². The molecule has 2 heterocycles. The van der Waals surface area contributed by atoms with Crippen LogP contribution in [0.3, 0.4) is 0 Å². The predicted octanol–water partition coefficient (Wildman–Crippen LogP) is 1.92. The van der Waals surface area contributed by atoms with E-state index in [4.69, 9.17) is 9.84 Å². The highest BCUT2D eigenvalue weighted by molar-refractivity contribution is 5.76. The molecule has 6 heteroatoms. The van der Waals surface area contributed by atoms with Crippen LogP contribution in [0.5, 0.6) is 5.75 Å². The molecule has 20 heavy (non-hydrogen) atoms. The number of aliphatic carboxylic acids is 1. The third kappa shape index (κ3) is 2.16. The van der Waals surface area contributed by atoms with Crippen molar-refractivity contribution in [3.05, 3.63) is 36.0 Å². The number of carbonyl (C=O) groups is 1. The highest BCUT2D eigenvalue weighted by Crippen LogP contribution is 2.35. The van der Waals surface area contributed by atoms with Crippen molar-refractivity contribution in [3.63, 3.8) is 0 Å². The van der Waals surface area contributed by atoms with Crippen LogP contribution in [0, 0.1) is 0 Å². The maximum absolute atomic E-state index is 10.9. The lowest BCUT2D eigenvalue weighted by Gasteiger charge is -2.20. The molecule has 1 atom stereocenters. The van der Waals surface area contributed by atoms with E-state index in [-0.39, 0.29) is 0 Å². The van der Waals surface area contributed by atoms with Gasteiger partial charge in [0.05, 0.1) is 5.69 Å². The van der Waals surface area contributed by atoms with Crippen molar-refractivity contribution in [2.75, 3.05) is 5.32 Å². The molecule has 0 aliphatic carbocycles. The van der Waals surface area contributed by atoms with E-state index in [1.807, 2.05) is 24.3 Å². The van der Waals surface area contributed by atoms with Gasteiger partial charge in [0.2, 0.25) is 5.95 Å². The summed E-state index contributed by atoms with van der Waals surface area (Å²) in [7, 11) is 0. The molecule has 6 nitrogen and oxygen atoms in total. The SMILES string of the molecule is C[C@@H](Nc1ncc2c(n1)-c1ccccc1OC2)C(=O)O. The second-order valence-electron chi connectivity index (χ2n) is 4.56. The quantitative estimate of drug-likeness (QED) is 0.887. The first kappa shape index (κ1) is 12.4. The number of anilines is 1. The Morgan fingerprint density at radius 2 is 2.25 bits per heavy atom. The standard InChI is InChI=1S/C14H13N3O3/c1-8(13(18)19)16-14-15-6-9-7-20-11-5-3-2-4-10(11)12(9)17-14/h2-6,8H,7H2,1H3,(H,18,19)(H,15,16,17)/t8-/m1/s1. The molecule has 1 aliphatic heterocycles. The summed E-state index contributed by atoms with van der Waals surface area (Å²) in [5, 5.41) is 11.7. The number of ether oxygens (including phenoxy) is 1. The van der Waals surface area contributed by atoms with E-state index >= 15 is 0 Å². The Morgan fingerprint density at radius 1 is 1.45 bits per heavy atom. The van der Waals surface area contributed by atoms with Gasteiger partial charge in [0.15, 0.2) is 0 Å². The van der Waals surface area contributed by atoms with Crippen LogP contribution >= 0.6 is 0 Å². The Morgan fingerprint density at radius 3 is 3.05 bits per heavy atom. The smallest absolute Gasteiger partial charge is 0.325 e. The second kappa shape index (κ2) is 4.80. The molecule has 0 saturated heterocycles. The van der Waals surface area contributed by atoms with Crippen molar-refractivity contribution >= 4 is 11.9 Å². The van der Waals surface area contributed by atoms with Gasteiger partial charge in [0.25, 0.3) is 0 Å². The number of hydrogen-bond acceptors (Lipinski definition) is 5. The number of hydrogen-bond donors (Lipinski definition) is 2. The summed E-state index contributed by atoms with van der Waals surface area (Å²) in [6.07, 6.45) is 1.66. The van der Waals surface area contributed by atoms with Crippen molar-refractivity contribution in [1.29, 1.82) is 0 Å². The Bertz CT molecular complexity index is 672. The first-order valence-electron chi connectivity index (χ1n) is 6.22. The van der Waals surface area contributed by atoms with E-state index in [2.05, 4.69) is 15.3 Å². The van der Waals surface area contributed by atoms with Crippen LogP contribution in [0.4, 0.5) is 5.95 Å². The van der Waals surface area contributed by atoms with Crippen molar-refractivity contribution in [1.82, 2.24) is 9.97 Å². The minimum Gasteiger partial charge on any atom is -0.488 e. The Balaban J connectivity index is 1.99. The molecule has 1 aromatic carbocycles. The molecule has 1 aliphatic rings. The van der Waals surface area contributed by atoms with Gasteiger partial charge < -0.3 is 15.2 Å². The maximum atomic E-state index is 10.9. The van der Waals surface area contributed by atoms with E-state index in [1.54, 1.807) is 13.1 Å². The number of carboxylic acids is 1. The summed E-state index contributed by atoms with van der Waals surface area (Å²) in [6.45, 7) is 1.96. The monoisotopic (exact) mass is 271 g/mol. The first-order chi connectivity index (χ1) is 9.65. The van der Waals surface area contributed by atoms with Gasteiger partial charge in [-0.2, -0.15) is 0 Å². The lowest BCUT2D eigenvalue weighted by molar-refractivity contribution is -0.137. The van der Waals surface area contributed by atoms with Crippen LogP contribution in [-0.2, 0) is 11.4 Å². The van der Waals surface area contributed by atoms with Crippen LogP contribution < -0.4 is 10.1 Å². The fourth-order valence-corrected chi connectivity index (χ4v) is 2.01. The number of para-hydroxylation sites is 1. The Hall–Kier alpha value is -2.63. The average molecular weight is 271 g/mol. The predicted molar refractivity (Wildman–Crippen MR) is 72.5 cm³/mol. The summed E-state index contributed by atoms with van der Waals surface area (Å²) in [5.74, 6) is 0.126. The van der Waals surface area contributed by atoms with Crippen molar-refractivity contribution in [3.8, 4) is 17.0 Å². The topological polar surface area (TPSA) is 84.3 Å². The Labute approximate surface area is 115 Å². The molecule has 0 fully saturated rings.